The van der Waals surface area contributed by atoms with Crippen molar-refractivity contribution in [2.75, 3.05) is 0 Å². The topological polar surface area (TPSA) is 75.3 Å². The fraction of sp³-hybridized carbons (Fsp3) is 0.353. The first-order chi connectivity index (χ1) is 11.4. The molecule has 0 fully saturated rings. The number of sulfonamides is 1. The molecule has 7 heteroatoms. The molecule has 1 atom stereocenters. The van der Waals surface area contributed by atoms with Crippen LogP contribution in [0.25, 0.3) is 0 Å². The Kier molecular flexibility index (Phi) is 6.53. The molecule has 0 bridgehead atoms. The van der Waals surface area contributed by atoms with Gasteiger partial charge >= 0.3 is 0 Å². The van der Waals surface area contributed by atoms with E-state index in [4.69, 9.17) is 0 Å². The first kappa shape index (κ1) is 18.6. The van der Waals surface area contributed by atoms with Crippen LogP contribution in [0.15, 0.2) is 46.7 Å². The maximum absolute atomic E-state index is 12.7. The number of amides is 1. The summed E-state index contributed by atoms with van der Waals surface area (Å²) in [4.78, 5) is 11.8. The number of nitrogens with one attached hydrogen (secondary N) is 2. The van der Waals surface area contributed by atoms with Crippen molar-refractivity contribution in [3.63, 3.8) is 0 Å². The van der Waals surface area contributed by atoms with Crippen molar-refractivity contribution < 1.29 is 13.2 Å². The van der Waals surface area contributed by atoms with Crippen LogP contribution >= 0.6 is 11.3 Å². The third kappa shape index (κ3) is 5.15. The van der Waals surface area contributed by atoms with Crippen LogP contribution in [0.4, 0.5) is 0 Å². The van der Waals surface area contributed by atoms with Crippen LogP contribution in [-0.2, 0) is 21.4 Å². The molecule has 1 heterocycles. The number of thiophene rings is 1. The summed E-state index contributed by atoms with van der Waals surface area (Å²) >= 11 is 1.17. The third-order valence-electron chi connectivity index (χ3n) is 3.49. The summed E-state index contributed by atoms with van der Waals surface area (Å²) in [7, 11) is -3.59. The third-order valence-corrected chi connectivity index (χ3v) is 6.54. The van der Waals surface area contributed by atoms with Gasteiger partial charge in [0.2, 0.25) is 5.91 Å². The van der Waals surface area contributed by atoms with Crippen LogP contribution < -0.4 is 10.0 Å². The molecule has 2 rings (SSSR count). The Morgan fingerprint density at radius 3 is 2.50 bits per heavy atom. The molecule has 0 radical (unpaired) electrons. The molecule has 5 nitrogen and oxygen atoms in total. The number of hydrogen-bond donors (Lipinski definition) is 2. The Morgan fingerprint density at radius 2 is 1.88 bits per heavy atom. The molecule has 130 valence electrons. The second-order valence-electron chi connectivity index (χ2n) is 5.50. The van der Waals surface area contributed by atoms with E-state index in [1.165, 1.54) is 18.3 Å². The van der Waals surface area contributed by atoms with E-state index in [1.807, 2.05) is 37.3 Å². The molecule has 0 aliphatic rings. The van der Waals surface area contributed by atoms with Crippen LogP contribution in [0.1, 0.15) is 43.2 Å². The minimum Gasteiger partial charge on any atom is -0.351 e. The van der Waals surface area contributed by atoms with E-state index >= 15 is 0 Å². The van der Waals surface area contributed by atoms with E-state index in [1.54, 1.807) is 12.1 Å². The quantitative estimate of drug-likeness (QED) is 0.753. The van der Waals surface area contributed by atoms with Gasteiger partial charge in [0.15, 0.2) is 0 Å². The van der Waals surface area contributed by atoms with Gasteiger partial charge in [-0.15, -0.1) is 11.3 Å². The van der Waals surface area contributed by atoms with Crippen molar-refractivity contribution in [2.24, 2.45) is 0 Å². The molecule has 1 amide bonds. The Labute approximate surface area is 147 Å². The number of rotatable bonds is 8. The fourth-order valence-electron chi connectivity index (χ4n) is 2.32. The number of benzene rings is 1. The number of carbonyl (C=O) groups is 1. The van der Waals surface area contributed by atoms with Gasteiger partial charge in [-0.3, -0.25) is 4.79 Å². The largest absolute Gasteiger partial charge is 0.351 e. The molecule has 0 unspecified atom stereocenters. The predicted molar refractivity (Wildman–Crippen MR) is 96.3 cm³/mol. The lowest BCUT2D eigenvalue weighted by Crippen LogP contribution is -2.28. The molecular formula is C17H22N2O3S2. The predicted octanol–water partition coefficient (Wildman–Crippen LogP) is 3.20. The molecule has 2 aromatic rings. The van der Waals surface area contributed by atoms with Gasteiger partial charge in [0, 0.05) is 17.8 Å². The average molecular weight is 367 g/mol. The Morgan fingerprint density at radius 1 is 1.17 bits per heavy atom. The lowest BCUT2D eigenvalue weighted by atomic mass is 10.0. The summed E-state index contributed by atoms with van der Waals surface area (Å²) in [6.07, 6.45) is 1.60. The van der Waals surface area contributed by atoms with Crippen LogP contribution in [0, 0.1) is 0 Å². The number of carbonyl (C=O) groups excluding carboxylic acids is 1. The van der Waals surface area contributed by atoms with E-state index in [0.717, 1.165) is 23.3 Å². The lowest BCUT2D eigenvalue weighted by molar-refractivity contribution is -0.119. The van der Waals surface area contributed by atoms with Crippen LogP contribution in [0.3, 0.4) is 0 Å². The summed E-state index contributed by atoms with van der Waals surface area (Å²) in [6.45, 7) is 3.80. The summed E-state index contributed by atoms with van der Waals surface area (Å²) in [6, 6.07) is 12.6. The van der Waals surface area contributed by atoms with Gasteiger partial charge in [-0.05, 0) is 24.1 Å². The summed E-state index contributed by atoms with van der Waals surface area (Å²) in [5.74, 6) is -0.141. The zero-order valence-electron chi connectivity index (χ0n) is 13.8. The average Bonchev–Trinajstić information content (AvgIpc) is 3.03. The molecule has 0 saturated carbocycles. The fourth-order valence-corrected chi connectivity index (χ4v) is 4.89. The zero-order chi connectivity index (χ0) is 17.6. The Hall–Kier alpha value is -1.70. The Balaban J connectivity index is 2.15. The van der Waals surface area contributed by atoms with Crippen molar-refractivity contribution in [1.82, 2.24) is 10.0 Å². The first-order valence-corrected chi connectivity index (χ1v) is 10.1. The van der Waals surface area contributed by atoms with Crippen molar-refractivity contribution in [3.8, 4) is 0 Å². The Bertz CT molecular complexity index is 770. The normalized spacial score (nSPS) is 12.8. The van der Waals surface area contributed by atoms with Crippen LogP contribution in [0.5, 0.6) is 0 Å². The standard InChI is InChI=1S/C17H22N2O3S2/c1-3-7-16(14-8-5-4-6-9-14)19-24(21,22)17-11-10-15(23-17)12-18-13(2)20/h4-6,8-11,16,19H,3,7,12H2,1-2H3,(H,18,20)/t16-/m1/s1. The molecular weight excluding hydrogens is 344 g/mol. The minimum atomic E-state index is -3.59. The molecule has 0 spiro atoms. The molecule has 2 N–H and O–H groups in total. The summed E-state index contributed by atoms with van der Waals surface area (Å²) in [5.41, 5.74) is 0.956. The second kappa shape index (κ2) is 8.41. The highest BCUT2D eigenvalue weighted by Crippen LogP contribution is 2.25. The molecule has 0 aliphatic heterocycles. The van der Waals surface area contributed by atoms with E-state index in [9.17, 15) is 13.2 Å². The molecule has 1 aromatic heterocycles. The highest BCUT2D eigenvalue weighted by molar-refractivity contribution is 7.91. The summed E-state index contributed by atoms with van der Waals surface area (Å²) < 4.78 is 28.4. The van der Waals surface area contributed by atoms with Gasteiger partial charge in [0.25, 0.3) is 10.0 Å². The minimum absolute atomic E-state index is 0.141. The van der Waals surface area contributed by atoms with Crippen LogP contribution in [0.2, 0.25) is 0 Å². The van der Waals surface area contributed by atoms with Gasteiger partial charge in [-0.2, -0.15) is 0 Å². The van der Waals surface area contributed by atoms with Gasteiger partial charge < -0.3 is 5.32 Å². The van der Waals surface area contributed by atoms with Gasteiger partial charge in [0.05, 0.1) is 6.54 Å². The van der Waals surface area contributed by atoms with Gasteiger partial charge in [0.1, 0.15) is 4.21 Å². The first-order valence-electron chi connectivity index (χ1n) is 7.83. The molecule has 0 saturated heterocycles. The number of hydrogen-bond acceptors (Lipinski definition) is 4. The maximum atomic E-state index is 12.7. The van der Waals surface area contributed by atoms with Gasteiger partial charge in [-0.1, -0.05) is 43.7 Å². The second-order valence-corrected chi connectivity index (χ2v) is 8.61. The summed E-state index contributed by atoms with van der Waals surface area (Å²) in [5, 5.41) is 2.67. The molecule has 1 aromatic carbocycles. The maximum Gasteiger partial charge on any atom is 0.250 e. The smallest absolute Gasteiger partial charge is 0.250 e. The van der Waals surface area contributed by atoms with E-state index in [-0.39, 0.29) is 16.2 Å². The van der Waals surface area contributed by atoms with Crippen LogP contribution in [-0.4, -0.2) is 14.3 Å². The SMILES string of the molecule is CCC[C@@H](NS(=O)(=O)c1ccc(CNC(C)=O)s1)c1ccccc1. The highest BCUT2D eigenvalue weighted by atomic mass is 32.2. The van der Waals surface area contributed by atoms with E-state index < -0.39 is 10.0 Å². The lowest BCUT2D eigenvalue weighted by Gasteiger charge is -2.18. The monoisotopic (exact) mass is 366 g/mol. The molecule has 0 aliphatic carbocycles. The van der Waals surface area contributed by atoms with E-state index in [0.29, 0.717) is 6.54 Å². The molecule has 24 heavy (non-hydrogen) atoms. The highest BCUT2D eigenvalue weighted by Gasteiger charge is 2.22. The van der Waals surface area contributed by atoms with Crippen molar-refractivity contribution >= 4 is 27.3 Å². The van der Waals surface area contributed by atoms with E-state index in [2.05, 4.69) is 10.0 Å². The van der Waals surface area contributed by atoms with Crippen molar-refractivity contribution in [3.05, 3.63) is 52.9 Å². The van der Waals surface area contributed by atoms with Gasteiger partial charge in [-0.25, -0.2) is 13.1 Å². The van der Waals surface area contributed by atoms with Crippen molar-refractivity contribution in [1.29, 1.82) is 0 Å². The zero-order valence-corrected chi connectivity index (χ0v) is 15.4. The van der Waals surface area contributed by atoms with Crippen molar-refractivity contribution in [2.45, 2.75) is 43.5 Å².